The quantitative estimate of drug-likeness (QED) is 0.665. The Morgan fingerprint density at radius 2 is 1.83 bits per heavy atom. The van der Waals surface area contributed by atoms with Gasteiger partial charge in [0.2, 0.25) is 0 Å². The van der Waals surface area contributed by atoms with Gasteiger partial charge >= 0.3 is 0 Å². The minimum absolute atomic E-state index is 0.378. The van der Waals surface area contributed by atoms with Crippen LogP contribution in [0.3, 0.4) is 0 Å². The van der Waals surface area contributed by atoms with E-state index in [1.54, 1.807) is 0 Å². The van der Waals surface area contributed by atoms with Gasteiger partial charge in [-0.15, -0.1) is 0 Å². The van der Waals surface area contributed by atoms with Crippen LogP contribution < -0.4 is 0 Å². The zero-order chi connectivity index (χ0) is 19.8. The number of likely N-dealkylation sites (tertiary alicyclic amines) is 2. The molecule has 5 rings (SSSR count). The van der Waals surface area contributed by atoms with Crippen molar-refractivity contribution in [3.63, 3.8) is 0 Å². The normalized spacial score (nSPS) is 21.9. The average Bonchev–Trinajstić information content (AvgIpc) is 3.34. The van der Waals surface area contributed by atoms with Gasteiger partial charge in [-0.05, 0) is 83.1 Å². The fourth-order valence-electron chi connectivity index (χ4n) is 5.12. The summed E-state index contributed by atoms with van der Waals surface area (Å²) in [7, 11) is 2.23. The molecule has 0 amide bonds. The number of aryl methyl sites for hydroxylation is 1. The summed E-state index contributed by atoms with van der Waals surface area (Å²) in [4.78, 5) is 14.9. The van der Waals surface area contributed by atoms with E-state index in [1.165, 1.54) is 48.3 Å². The Kier molecular flexibility index (Phi) is 5.10. The van der Waals surface area contributed by atoms with Crippen LogP contribution in [0.15, 0.2) is 42.6 Å². The van der Waals surface area contributed by atoms with Crippen LogP contribution in [-0.4, -0.2) is 51.0 Å². The largest absolute Gasteiger partial charge is 0.323 e. The van der Waals surface area contributed by atoms with Gasteiger partial charge in [-0.25, -0.2) is 4.98 Å². The SMILES string of the molecule is Cc1cccnc1CN1CCCC1c1nc2ccccc2n1C1CCN(C)CC1. The molecule has 3 aromatic rings. The Labute approximate surface area is 173 Å². The van der Waals surface area contributed by atoms with Gasteiger partial charge in [-0.1, -0.05) is 18.2 Å². The number of imidazole rings is 1. The summed E-state index contributed by atoms with van der Waals surface area (Å²) in [6.45, 7) is 6.53. The molecule has 0 saturated carbocycles. The van der Waals surface area contributed by atoms with Crippen molar-refractivity contribution in [3.05, 3.63) is 59.7 Å². The van der Waals surface area contributed by atoms with E-state index in [-0.39, 0.29) is 0 Å². The van der Waals surface area contributed by atoms with Crippen LogP contribution in [0.25, 0.3) is 11.0 Å². The minimum atomic E-state index is 0.378. The molecule has 0 spiro atoms. The van der Waals surface area contributed by atoms with Gasteiger partial charge in [-0.2, -0.15) is 0 Å². The Balaban J connectivity index is 1.52. The number of nitrogens with zero attached hydrogens (tertiary/aromatic N) is 5. The van der Waals surface area contributed by atoms with Gasteiger partial charge in [0.25, 0.3) is 0 Å². The van der Waals surface area contributed by atoms with Crippen LogP contribution in [0.4, 0.5) is 0 Å². The van der Waals surface area contributed by atoms with E-state index >= 15 is 0 Å². The maximum absolute atomic E-state index is 5.19. The van der Waals surface area contributed by atoms with Gasteiger partial charge in [0.05, 0.1) is 22.8 Å². The molecule has 1 atom stereocenters. The van der Waals surface area contributed by atoms with Crippen molar-refractivity contribution in [2.45, 2.75) is 51.2 Å². The molecule has 0 bridgehead atoms. The van der Waals surface area contributed by atoms with Crippen molar-refractivity contribution in [3.8, 4) is 0 Å². The van der Waals surface area contributed by atoms with Gasteiger partial charge in [-0.3, -0.25) is 9.88 Å². The minimum Gasteiger partial charge on any atom is -0.323 e. The second-order valence-electron chi connectivity index (χ2n) is 8.76. The highest BCUT2D eigenvalue weighted by atomic mass is 15.2. The smallest absolute Gasteiger partial charge is 0.127 e. The summed E-state index contributed by atoms with van der Waals surface area (Å²) in [5, 5.41) is 0. The average molecular weight is 390 g/mol. The first-order valence-corrected chi connectivity index (χ1v) is 11.0. The zero-order valence-electron chi connectivity index (χ0n) is 17.6. The number of hydrogen-bond acceptors (Lipinski definition) is 4. The summed E-state index contributed by atoms with van der Waals surface area (Å²) < 4.78 is 2.59. The van der Waals surface area contributed by atoms with Crippen molar-refractivity contribution in [1.82, 2.24) is 24.3 Å². The summed E-state index contributed by atoms with van der Waals surface area (Å²) >= 11 is 0. The topological polar surface area (TPSA) is 37.2 Å². The Morgan fingerprint density at radius 1 is 1.00 bits per heavy atom. The second kappa shape index (κ2) is 7.88. The first-order valence-electron chi connectivity index (χ1n) is 11.0. The van der Waals surface area contributed by atoms with Gasteiger partial charge in [0, 0.05) is 18.8 Å². The van der Waals surface area contributed by atoms with Crippen molar-refractivity contribution in [2.24, 2.45) is 0 Å². The van der Waals surface area contributed by atoms with Crippen LogP contribution in [0.2, 0.25) is 0 Å². The molecule has 4 heterocycles. The van der Waals surface area contributed by atoms with Crippen LogP contribution >= 0.6 is 0 Å². The standard InChI is InChI=1S/C24H31N5/c1-18-7-5-13-25-21(18)17-28-14-6-10-23(28)24-26-20-8-3-4-9-22(20)29(24)19-11-15-27(2)16-12-19/h3-5,7-9,13,19,23H,6,10-12,14-17H2,1-2H3. The van der Waals surface area contributed by atoms with E-state index in [4.69, 9.17) is 4.98 Å². The highest BCUT2D eigenvalue weighted by Gasteiger charge is 2.33. The fourth-order valence-corrected chi connectivity index (χ4v) is 5.12. The van der Waals surface area contributed by atoms with Crippen molar-refractivity contribution < 1.29 is 0 Å². The molecular weight excluding hydrogens is 358 g/mol. The molecule has 5 nitrogen and oxygen atoms in total. The fraction of sp³-hybridized carbons (Fsp3) is 0.500. The lowest BCUT2D eigenvalue weighted by Gasteiger charge is -2.33. The van der Waals surface area contributed by atoms with E-state index in [0.29, 0.717) is 12.1 Å². The molecule has 0 radical (unpaired) electrons. The predicted octanol–water partition coefficient (Wildman–Crippen LogP) is 4.34. The Morgan fingerprint density at radius 3 is 2.66 bits per heavy atom. The van der Waals surface area contributed by atoms with E-state index in [0.717, 1.165) is 31.7 Å². The van der Waals surface area contributed by atoms with Crippen molar-refractivity contribution in [1.29, 1.82) is 0 Å². The van der Waals surface area contributed by atoms with Crippen LogP contribution in [0.1, 0.15) is 54.8 Å². The Bertz CT molecular complexity index is 986. The molecule has 0 N–H and O–H groups in total. The first kappa shape index (κ1) is 18.8. The van der Waals surface area contributed by atoms with Crippen LogP contribution in [0, 0.1) is 6.92 Å². The second-order valence-corrected chi connectivity index (χ2v) is 8.76. The van der Waals surface area contributed by atoms with Gasteiger partial charge in [0.1, 0.15) is 5.82 Å². The van der Waals surface area contributed by atoms with Gasteiger partial charge in [0.15, 0.2) is 0 Å². The molecule has 1 aromatic carbocycles. The summed E-state index contributed by atoms with van der Waals surface area (Å²) in [5.74, 6) is 1.27. The maximum atomic E-state index is 5.19. The third-order valence-electron chi connectivity index (χ3n) is 6.81. The molecular formula is C24H31N5. The number of para-hydroxylation sites is 2. The Hall–Kier alpha value is -2.24. The number of rotatable bonds is 4. The molecule has 152 valence electrons. The first-order chi connectivity index (χ1) is 14.2. The molecule has 2 aliphatic rings. The number of benzene rings is 1. The van der Waals surface area contributed by atoms with Crippen molar-refractivity contribution in [2.75, 3.05) is 26.7 Å². The van der Waals surface area contributed by atoms with E-state index in [1.807, 2.05) is 12.3 Å². The summed E-state index contributed by atoms with van der Waals surface area (Å²) in [6, 6.07) is 13.8. The number of fused-ring (bicyclic) bond motifs is 1. The maximum Gasteiger partial charge on any atom is 0.127 e. The highest BCUT2D eigenvalue weighted by Crippen LogP contribution is 2.38. The lowest BCUT2D eigenvalue weighted by molar-refractivity contribution is 0.201. The van der Waals surface area contributed by atoms with Crippen LogP contribution in [0.5, 0.6) is 0 Å². The number of aromatic nitrogens is 3. The lowest BCUT2D eigenvalue weighted by atomic mass is 10.0. The molecule has 2 aromatic heterocycles. The summed E-state index contributed by atoms with van der Waals surface area (Å²) in [6.07, 6.45) is 6.74. The third kappa shape index (κ3) is 3.58. The van der Waals surface area contributed by atoms with Crippen LogP contribution in [-0.2, 0) is 6.54 Å². The van der Waals surface area contributed by atoms with Gasteiger partial charge < -0.3 is 9.47 Å². The van der Waals surface area contributed by atoms with E-state index in [2.05, 4.69) is 63.7 Å². The molecule has 0 aliphatic carbocycles. The van der Waals surface area contributed by atoms with E-state index in [9.17, 15) is 0 Å². The molecule has 2 aliphatic heterocycles. The molecule has 5 heteroatoms. The molecule has 29 heavy (non-hydrogen) atoms. The monoisotopic (exact) mass is 389 g/mol. The third-order valence-corrected chi connectivity index (χ3v) is 6.81. The number of pyridine rings is 1. The molecule has 2 fully saturated rings. The van der Waals surface area contributed by atoms with E-state index < -0.39 is 0 Å². The number of hydrogen-bond donors (Lipinski definition) is 0. The summed E-state index contributed by atoms with van der Waals surface area (Å²) in [5.41, 5.74) is 4.92. The molecule has 1 unspecified atom stereocenters. The van der Waals surface area contributed by atoms with Crippen molar-refractivity contribution >= 4 is 11.0 Å². The molecule has 2 saturated heterocycles. The zero-order valence-corrected chi connectivity index (χ0v) is 17.6. The highest BCUT2D eigenvalue weighted by molar-refractivity contribution is 5.76. The lowest BCUT2D eigenvalue weighted by Crippen LogP contribution is -2.33. The predicted molar refractivity (Wildman–Crippen MR) is 117 cm³/mol. The number of piperidine rings is 1.